The Hall–Kier alpha value is -1.90. The maximum atomic E-state index is 12.2. The van der Waals surface area contributed by atoms with Gasteiger partial charge < -0.3 is 14.3 Å². The van der Waals surface area contributed by atoms with E-state index in [4.69, 9.17) is 0 Å². The number of aromatic nitrogens is 2. The Balaban J connectivity index is 0.00000133. The first kappa shape index (κ1) is 13.5. The van der Waals surface area contributed by atoms with Crippen molar-refractivity contribution in [2.45, 2.75) is 6.54 Å². The Morgan fingerprint density at radius 3 is 2.47 bits per heavy atom. The topological polar surface area (TPSA) is 34.9 Å². The van der Waals surface area contributed by atoms with E-state index in [0.29, 0.717) is 17.4 Å². The summed E-state index contributed by atoms with van der Waals surface area (Å²) in [5.41, 5.74) is 1.70. The first-order chi connectivity index (χ1) is 8.84. The minimum atomic E-state index is -0.0514. The molecule has 0 spiro atoms. The summed E-state index contributed by atoms with van der Waals surface area (Å²) in [6.45, 7) is 0.498. The average Bonchev–Trinajstić information content (AvgIpc) is 2.43. The summed E-state index contributed by atoms with van der Waals surface area (Å²) >= 11 is 0. The Kier molecular flexibility index (Phi) is 4.15. The maximum absolute atomic E-state index is 12.2. The molecule has 0 aliphatic rings. The molecule has 0 saturated carbocycles. The van der Waals surface area contributed by atoms with Crippen LogP contribution in [-0.2, 0) is 23.6 Å². The van der Waals surface area contributed by atoms with Crippen LogP contribution >= 0.6 is 0 Å². The normalized spacial score (nSPS) is 10.1. The van der Waals surface area contributed by atoms with Gasteiger partial charge in [-0.15, -0.1) is 0 Å². The van der Waals surface area contributed by atoms with Crippen molar-refractivity contribution in [3.63, 3.8) is 0 Å². The van der Waals surface area contributed by atoms with Gasteiger partial charge in [0.2, 0.25) is 0 Å². The molecule has 0 amide bonds. The van der Waals surface area contributed by atoms with Gasteiger partial charge in [0.25, 0.3) is 0 Å². The smallest absolute Gasteiger partial charge is 0.403 e. The van der Waals surface area contributed by atoms with Crippen LogP contribution in [0.15, 0.2) is 59.4 Å². The van der Waals surface area contributed by atoms with E-state index in [2.05, 4.69) is 11.3 Å². The van der Waals surface area contributed by atoms with Gasteiger partial charge in [-0.1, -0.05) is 54.6 Å². The summed E-state index contributed by atoms with van der Waals surface area (Å²) in [6, 6.07) is 17.1. The Morgan fingerprint density at radius 2 is 1.68 bits per heavy atom. The fourth-order valence-electron chi connectivity index (χ4n) is 1.93. The number of nitrogens with zero attached hydrogens (tertiary/aromatic N) is 2. The molecule has 0 aliphatic carbocycles. The summed E-state index contributed by atoms with van der Waals surface area (Å²) in [5.74, 6) is 0. The molecule has 3 aromatic rings. The van der Waals surface area contributed by atoms with E-state index in [1.54, 1.807) is 6.07 Å². The molecule has 3 rings (SSSR count). The number of benzene rings is 2. The Labute approximate surface area is 121 Å². The van der Waals surface area contributed by atoms with E-state index in [1.807, 2.05) is 48.5 Å². The van der Waals surface area contributed by atoms with Crippen LogP contribution in [0.25, 0.3) is 10.9 Å². The van der Waals surface area contributed by atoms with E-state index in [1.165, 1.54) is 4.57 Å². The van der Waals surface area contributed by atoms with Gasteiger partial charge in [-0.25, -0.2) is 0 Å². The average molecular weight is 299 g/mol. The van der Waals surface area contributed by atoms with Crippen molar-refractivity contribution in [3.8, 4) is 0 Å². The molecule has 1 heterocycles. The van der Waals surface area contributed by atoms with E-state index >= 15 is 0 Å². The molecule has 0 atom stereocenters. The fraction of sp³-hybridized carbons (Fsp3) is 0.0667. The maximum Gasteiger partial charge on any atom is 1.00 e. The van der Waals surface area contributed by atoms with Crippen molar-refractivity contribution in [1.82, 2.24) is 9.55 Å². The van der Waals surface area contributed by atoms with Crippen molar-refractivity contribution < 1.29 is 17.1 Å². The summed E-state index contributed by atoms with van der Waals surface area (Å²) < 4.78 is 1.51. The minimum absolute atomic E-state index is 0. The van der Waals surface area contributed by atoms with E-state index in [9.17, 15) is 4.79 Å². The second-order valence-electron chi connectivity index (χ2n) is 4.11. The summed E-state index contributed by atoms with van der Waals surface area (Å²) in [4.78, 5) is 16.4. The Bertz CT molecular complexity index is 738. The van der Waals surface area contributed by atoms with Crippen molar-refractivity contribution in [3.05, 3.63) is 76.8 Å². The predicted octanol–water partition coefficient (Wildman–Crippen LogP) is 2.24. The molecule has 98 valence electrons. The predicted molar refractivity (Wildman–Crippen MR) is 70.4 cm³/mol. The SMILES string of the molecule is O=c1c2ccccc2n[c-]n1Cc1ccccc1.[Cu+]. The monoisotopic (exact) mass is 298 g/mol. The zero-order valence-electron chi connectivity index (χ0n) is 10.0. The number of hydrogen-bond acceptors (Lipinski definition) is 2. The third-order valence-corrected chi connectivity index (χ3v) is 2.85. The van der Waals surface area contributed by atoms with Gasteiger partial charge >= 0.3 is 17.1 Å². The first-order valence-electron chi connectivity index (χ1n) is 5.76. The molecule has 2 aromatic carbocycles. The zero-order valence-corrected chi connectivity index (χ0v) is 10.9. The molecule has 0 saturated heterocycles. The van der Waals surface area contributed by atoms with Gasteiger partial charge in [-0.2, -0.15) is 0 Å². The largest absolute Gasteiger partial charge is 1.00 e. The molecule has 0 radical (unpaired) electrons. The van der Waals surface area contributed by atoms with Crippen LogP contribution in [0.1, 0.15) is 5.56 Å². The van der Waals surface area contributed by atoms with Gasteiger partial charge in [0.15, 0.2) is 0 Å². The summed E-state index contributed by atoms with van der Waals surface area (Å²) in [7, 11) is 0. The van der Waals surface area contributed by atoms with Gasteiger partial charge in [0.05, 0.1) is 0 Å². The van der Waals surface area contributed by atoms with Crippen molar-refractivity contribution in [1.29, 1.82) is 0 Å². The van der Waals surface area contributed by atoms with Gasteiger partial charge in [-0.05, 0) is 16.5 Å². The van der Waals surface area contributed by atoms with Crippen LogP contribution in [0.4, 0.5) is 0 Å². The van der Waals surface area contributed by atoms with Crippen molar-refractivity contribution in [2.24, 2.45) is 0 Å². The number of hydrogen-bond donors (Lipinski definition) is 0. The van der Waals surface area contributed by atoms with Gasteiger partial charge in [-0.3, -0.25) is 0 Å². The molecule has 1 aromatic heterocycles. The van der Waals surface area contributed by atoms with Crippen molar-refractivity contribution >= 4 is 10.9 Å². The molecular weight excluding hydrogens is 288 g/mol. The van der Waals surface area contributed by atoms with E-state index in [-0.39, 0.29) is 22.6 Å². The molecular formula is C15H11CuN2O. The second-order valence-corrected chi connectivity index (χ2v) is 4.11. The molecule has 3 nitrogen and oxygen atoms in total. The standard InChI is InChI=1S/C15H11N2O.Cu/c18-15-13-8-4-5-9-14(13)16-11-17(15)10-12-6-2-1-3-7-12;/h1-9H,10H2;/q-1;+1. The summed E-state index contributed by atoms with van der Waals surface area (Å²) in [5, 5.41) is 0.632. The molecule has 0 aliphatic heterocycles. The molecule has 19 heavy (non-hydrogen) atoms. The quantitative estimate of drug-likeness (QED) is 0.537. The number of rotatable bonds is 2. The third kappa shape index (κ3) is 2.75. The molecule has 0 fully saturated rings. The van der Waals surface area contributed by atoms with Crippen LogP contribution in [0.3, 0.4) is 0 Å². The van der Waals surface area contributed by atoms with Crippen LogP contribution in [0.5, 0.6) is 0 Å². The number of fused-ring (bicyclic) bond motifs is 1. The van der Waals surface area contributed by atoms with Crippen LogP contribution in [0.2, 0.25) is 0 Å². The Morgan fingerprint density at radius 1 is 1.00 bits per heavy atom. The van der Waals surface area contributed by atoms with E-state index < -0.39 is 0 Å². The third-order valence-electron chi connectivity index (χ3n) is 2.85. The molecule has 0 unspecified atom stereocenters. The minimum Gasteiger partial charge on any atom is -0.403 e. The number of para-hydroxylation sites is 1. The van der Waals surface area contributed by atoms with Crippen LogP contribution < -0.4 is 5.56 Å². The molecule has 4 heteroatoms. The van der Waals surface area contributed by atoms with Gasteiger partial charge in [0, 0.05) is 12.9 Å². The molecule has 0 bridgehead atoms. The van der Waals surface area contributed by atoms with Crippen LogP contribution in [-0.4, -0.2) is 9.55 Å². The zero-order chi connectivity index (χ0) is 12.4. The second kappa shape index (κ2) is 5.83. The fourth-order valence-corrected chi connectivity index (χ4v) is 1.93. The first-order valence-corrected chi connectivity index (χ1v) is 5.76. The van der Waals surface area contributed by atoms with Gasteiger partial charge in [0.1, 0.15) is 5.56 Å². The summed E-state index contributed by atoms with van der Waals surface area (Å²) in [6.07, 6.45) is 2.78. The van der Waals surface area contributed by atoms with Crippen molar-refractivity contribution in [2.75, 3.05) is 0 Å². The van der Waals surface area contributed by atoms with E-state index in [0.717, 1.165) is 5.56 Å². The molecule has 0 N–H and O–H groups in total. The van der Waals surface area contributed by atoms with Crippen LogP contribution in [0, 0.1) is 6.33 Å².